The van der Waals surface area contributed by atoms with Crippen LogP contribution in [-0.2, 0) is 15.7 Å². The van der Waals surface area contributed by atoms with Crippen molar-refractivity contribution in [2.75, 3.05) is 37.7 Å². The summed E-state index contributed by atoms with van der Waals surface area (Å²) in [5, 5.41) is 6.07. The molecular formula is C22H26F3N5O4. The molecule has 0 aliphatic carbocycles. The summed E-state index contributed by atoms with van der Waals surface area (Å²) in [6.45, 7) is 3.85. The minimum Gasteiger partial charge on any atom is -0.489 e. The molecule has 1 N–H and O–H groups in total. The van der Waals surface area contributed by atoms with Gasteiger partial charge in [0.15, 0.2) is 0 Å². The lowest BCUT2D eigenvalue weighted by Crippen LogP contribution is -2.49. The zero-order valence-corrected chi connectivity index (χ0v) is 18.7. The molecule has 4 heterocycles. The molecule has 2 saturated heterocycles. The van der Waals surface area contributed by atoms with Gasteiger partial charge in [-0.15, -0.1) is 0 Å². The number of carbonyl (C=O) groups is 1. The monoisotopic (exact) mass is 481 g/mol. The average Bonchev–Trinajstić information content (AvgIpc) is 3.27. The zero-order chi connectivity index (χ0) is 24.3. The highest BCUT2D eigenvalue weighted by molar-refractivity contribution is 5.77. The third kappa shape index (κ3) is 5.66. The quantitative estimate of drug-likeness (QED) is 0.675. The molecule has 0 saturated carbocycles. The Balaban J connectivity index is 1.21. The minimum atomic E-state index is -4.42. The number of amides is 1. The van der Waals surface area contributed by atoms with Crippen LogP contribution < -0.4 is 15.2 Å². The Hall–Kier alpha value is -3.15. The minimum absolute atomic E-state index is 0.0127. The van der Waals surface area contributed by atoms with Crippen LogP contribution in [0.15, 0.2) is 29.3 Å². The summed E-state index contributed by atoms with van der Waals surface area (Å²) in [6.07, 6.45) is -0.747. The van der Waals surface area contributed by atoms with Crippen LogP contribution in [0.2, 0.25) is 0 Å². The largest absolute Gasteiger partial charge is 0.489 e. The highest BCUT2D eigenvalue weighted by Gasteiger charge is 2.32. The molecule has 2 aliphatic heterocycles. The van der Waals surface area contributed by atoms with Gasteiger partial charge in [0.05, 0.1) is 36.0 Å². The average molecular weight is 481 g/mol. The number of alkyl halides is 3. The summed E-state index contributed by atoms with van der Waals surface area (Å²) >= 11 is 0. The van der Waals surface area contributed by atoms with Gasteiger partial charge in [-0.05, 0) is 31.9 Å². The van der Waals surface area contributed by atoms with Gasteiger partial charge in [0, 0.05) is 32.4 Å². The number of hydrogen-bond donors (Lipinski definition) is 1. The summed E-state index contributed by atoms with van der Waals surface area (Å²) < 4.78 is 49.8. The van der Waals surface area contributed by atoms with Crippen molar-refractivity contribution < 1.29 is 27.4 Å². The number of piperazine rings is 1. The molecule has 1 amide bonds. The molecule has 2 aromatic rings. The molecule has 2 fully saturated rings. The van der Waals surface area contributed by atoms with Crippen LogP contribution >= 0.6 is 0 Å². The number of aromatic amines is 1. The van der Waals surface area contributed by atoms with Crippen molar-refractivity contribution in [2.45, 2.75) is 44.6 Å². The number of ether oxygens (including phenoxy) is 2. The summed E-state index contributed by atoms with van der Waals surface area (Å²) in [5.74, 6) is 0.862. The predicted molar refractivity (Wildman–Crippen MR) is 116 cm³/mol. The number of hydrogen-bond acceptors (Lipinski definition) is 7. The number of rotatable bonds is 6. The molecule has 2 atom stereocenters. The molecular weight excluding hydrogens is 455 g/mol. The predicted octanol–water partition coefficient (Wildman–Crippen LogP) is 2.16. The van der Waals surface area contributed by atoms with Crippen LogP contribution in [0.3, 0.4) is 0 Å². The third-order valence-corrected chi connectivity index (χ3v) is 6.11. The lowest BCUT2D eigenvalue weighted by atomic mass is 10.1. The molecule has 0 aromatic carbocycles. The number of anilines is 1. The van der Waals surface area contributed by atoms with E-state index in [9.17, 15) is 22.8 Å². The van der Waals surface area contributed by atoms with Crippen LogP contribution in [0.5, 0.6) is 5.75 Å². The van der Waals surface area contributed by atoms with Gasteiger partial charge < -0.3 is 19.3 Å². The Kier molecular flexibility index (Phi) is 7.05. The number of nitrogens with zero attached hydrogens (tertiary/aromatic N) is 4. The Labute approximate surface area is 193 Å². The summed E-state index contributed by atoms with van der Waals surface area (Å²) in [7, 11) is 0. The van der Waals surface area contributed by atoms with E-state index in [1.54, 1.807) is 11.8 Å². The lowest BCUT2D eigenvalue weighted by molar-refractivity contribution is -0.138. The van der Waals surface area contributed by atoms with Gasteiger partial charge in [0.1, 0.15) is 18.2 Å². The van der Waals surface area contributed by atoms with E-state index in [0.29, 0.717) is 43.3 Å². The van der Waals surface area contributed by atoms with Crippen LogP contribution in [0.1, 0.15) is 30.4 Å². The number of halogens is 3. The number of aromatic nitrogens is 3. The van der Waals surface area contributed by atoms with Gasteiger partial charge >= 0.3 is 6.18 Å². The van der Waals surface area contributed by atoms with E-state index in [1.807, 2.05) is 4.90 Å². The molecule has 4 rings (SSSR count). The Morgan fingerprint density at radius 2 is 1.91 bits per heavy atom. The lowest BCUT2D eigenvalue weighted by Gasteiger charge is -2.36. The fraction of sp³-hybridized carbons (Fsp3) is 0.545. The second kappa shape index (κ2) is 10.00. The van der Waals surface area contributed by atoms with Crippen molar-refractivity contribution in [2.24, 2.45) is 0 Å². The molecule has 12 heteroatoms. The van der Waals surface area contributed by atoms with Crippen LogP contribution in [-0.4, -0.2) is 71.0 Å². The van der Waals surface area contributed by atoms with E-state index < -0.39 is 11.7 Å². The zero-order valence-electron chi connectivity index (χ0n) is 18.7. The van der Waals surface area contributed by atoms with E-state index in [2.05, 4.69) is 15.2 Å². The van der Waals surface area contributed by atoms with Gasteiger partial charge in [-0.1, -0.05) is 0 Å². The van der Waals surface area contributed by atoms with Crippen molar-refractivity contribution in [3.05, 3.63) is 46.0 Å². The van der Waals surface area contributed by atoms with Crippen molar-refractivity contribution in [1.29, 1.82) is 0 Å². The summed E-state index contributed by atoms with van der Waals surface area (Å²) in [6, 6.07) is 2.38. The van der Waals surface area contributed by atoms with Gasteiger partial charge in [0.25, 0.3) is 5.56 Å². The molecule has 0 unspecified atom stereocenters. The van der Waals surface area contributed by atoms with Gasteiger partial charge in [0.2, 0.25) is 5.91 Å². The molecule has 34 heavy (non-hydrogen) atoms. The SMILES string of the molecule is Cc1c(OC[C@@H]2CC[C@@H](CC(=O)N3CCN(c4ccc(C(F)(F)F)cn4)CC3)O2)cn[nH]c1=O. The third-order valence-electron chi connectivity index (χ3n) is 6.11. The second-order valence-corrected chi connectivity index (χ2v) is 8.43. The summed E-state index contributed by atoms with van der Waals surface area (Å²) in [5.41, 5.74) is -0.637. The first kappa shape index (κ1) is 24.0. The Morgan fingerprint density at radius 3 is 2.59 bits per heavy atom. The maximum absolute atomic E-state index is 12.7. The van der Waals surface area contributed by atoms with Crippen LogP contribution in [0, 0.1) is 6.92 Å². The Morgan fingerprint density at radius 1 is 1.18 bits per heavy atom. The van der Waals surface area contributed by atoms with Crippen molar-refractivity contribution in [1.82, 2.24) is 20.1 Å². The number of pyridine rings is 1. The number of H-pyrrole nitrogens is 1. The fourth-order valence-electron chi connectivity index (χ4n) is 4.07. The molecule has 2 aliphatic rings. The fourth-order valence-corrected chi connectivity index (χ4v) is 4.07. The normalized spacial score (nSPS) is 21.1. The maximum Gasteiger partial charge on any atom is 0.417 e. The van der Waals surface area contributed by atoms with Gasteiger partial charge in [-0.3, -0.25) is 9.59 Å². The smallest absolute Gasteiger partial charge is 0.417 e. The van der Waals surface area contributed by atoms with Gasteiger partial charge in [-0.25, -0.2) is 10.1 Å². The Bertz CT molecular complexity index is 1050. The van der Waals surface area contributed by atoms with Gasteiger partial charge in [-0.2, -0.15) is 18.3 Å². The molecule has 0 bridgehead atoms. The number of nitrogens with one attached hydrogen (secondary N) is 1. The van der Waals surface area contributed by atoms with Crippen LogP contribution in [0.4, 0.5) is 19.0 Å². The first-order chi connectivity index (χ1) is 16.2. The van der Waals surface area contributed by atoms with E-state index in [1.165, 1.54) is 12.3 Å². The highest BCUT2D eigenvalue weighted by atomic mass is 19.4. The van der Waals surface area contributed by atoms with E-state index >= 15 is 0 Å². The molecule has 184 valence electrons. The molecule has 0 radical (unpaired) electrons. The first-order valence-electron chi connectivity index (χ1n) is 11.1. The molecule has 9 nitrogen and oxygen atoms in total. The second-order valence-electron chi connectivity index (χ2n) is 8.43. The maximum atomic E-state index is 12.7. The van der Waals surface area contributed by atoms with E-state index in [-0.39, 0.29) is 36.7 Å². The number of carbonyl (C=O) groups excluding carboxylic acids is 1. The van der Waals surface area contributed by atoms with Crippen molar-refractivity contribution in [3.63, 3.8) is 0 Å². The van der Waals surface area contributed by atoms with Crippen LogP contribution in [0.25, 0.3) is 0 Å². The van der Waals surface area contributed by atoms with E-state index in [0.717, 1.165) is 25.1 Å². The highest BCUT2D eigenvalue weighted by Crippen LogP contribution is 2.29. The standard InChI is InChI=1S/C22H26F3N5O4/c1-14-18(12-27-28-21(14)32)33-13-17-4-3-16(34-17)10-20(31)30-8-6-29(7-9-30)19-5-2-15(11-26-19)22(23,24)25/h2,5,11-12,16-17H,3-4,6-10,13H2,1H3,(H,28,32)/t16-,17-/m0/s1. The molecule has 0 spiro atoms. The first-order valence-corrected chi connectivity index (χ1v) is 11.1. The topological polar surface area (TPSA) is 101 Å². The van der Waals surface area contributed by atoms with Crippen molar-refractivity contribution in [3.8, 4) is 5.75 Å². The summed E-state index contributed by atoms with van der Waals surface area (Å²) in [4.78, 5) is 31.9. The van der Waals surface area contributed by atoms with E-state index in [4.69, 9.17) is 9.47 Å². The van der Waals surface area contributed by atoms with Crippen molar-refractivity contribution >= 4 is 11.7 Å². The molecule has 2 aromatic heterocycles.